The second-order valence-corrected chi connectivity index (χ2v) is 5.65. The summed E-state index contributed by atoms with van der Waals surface area (Å²) in [6, 6.07) is 0. The molecule has 1 rings (SSSR count). The summed E-state index contributed by atoms with van der Waals surface area (Å²) in [4.78, 5) is 15.4. The summed E-state index contributed by atoms with van der Waals surface area (Å²) in [5.41, 5.74) is 0.779. The Morgan fingerprint density at radius 2 is 2.07 bits per heavy atom. The van der Waals surface area contributed by atoms with Crippen LogP contribution in [-0.4, -0.2) is 16.1 Å². The molecule has 0 atom stereocenters. The van der Waals surface area contributed by atoms with Crippen LogP contribution in [-0.2, 0) is 6.42 Å². The normalized spacial score (nSPS) is 11.7. The van der Waals surface area contributed by atoms with Crippen LogP contribution in [0.1, 0.15) is 41.1 Å². The van der Waals surface area contributed by atoms with Crippen LogP contribution in [0.2, 0.25) is 0 Å². The third kappa shape index (κ3) is 2.80. The number of carboxylic acid groups (broad SMARTS) is 1. The van der Waals surface area contributed by atoms with Gasteiger partial charge >= 0.3 is 5.97 Å². The van der Waals surface area contributed by atoms with Crippen LogP contribution >= 0.6 is 11.3 Å². The quantitative estimate of drug-likeness (QED) is 0.821. The monoisotopic (exact) mass is 213 g/mol. The lowest BCUT2D eigenvalue weighted by Gasteiger charge is -2.15. The van der Waals surface area contributed by atoms with Crippen LogP contribution in [0.15, 0.2) is 0 Å². The topological polar surface area (TPSA) is 50.2 Å². The molecule has 1 N–H and O–H groups in total. The van der Waals surface area contributed by atoms with Crippen molar-refractivity contribution in [2.24, 2.45) is 5.41 Å². The molecule has 1 heterocycles. The molecule has 1 aromatic rings. The van der Waals surface area contributed by atoms with Gasteiger partial charge in [-0.2, -0.15) is 0 Å². The molecule has 0 aliphatic heterocycles. The molecule has 4 heteroatoms. The fourth-order valence-corrected chi connectivity index (χ4v) is 2.38. The standard InChI is InChI=1S/C10H15NO2S/c1-6-8(9(12)13)14-7(11-6)5-10(2,3)4/h5H2,1-4H3,(H,12,13). The molecule has 0 aliphatic rings. The van der Waals surface area contributed by atoms with Crippen LogP contribution in [0.4, 0.5) is 0 Å². The van der Waals surface area contributed by atoms with Gasteiger partial charge in [-0.15, -0.1) is 11.3 Å². The van der Waals surface area contributed by atoms with Crippen molar-refractivity contribution in [3.8, 4) is 0 Å². The minimum absolute atomic E-state index is 0.153. The first-order valence-corrected chi connectivity index (χ1v) is 5.31. The van der Waals surface area contributed by atoms with Crippen LogP contribution in [0.25, 0.3) is 0 Å². The number of hydrogen-bond acceptors (Lipinski definition) is 3. The Labute approximate surface area is 87.8 Å². The second kappa shape index (κ2) is 3.69. The van der Waals surface area contributed by atoms with Gasteiger partial charge in [0.15, 0.2) is 0 Å². The van der Waals surface area contributed by atoms with E-state index in [0.717, 1.165) is 11.4 Å². The summed E-state index contributed by atoms with van der Waals surface area (Å²) >= 11 is 1.28. The molecule has 1 aromatic heterocycles. The van der Waals surface area contributed by atoms with E-state index in [-0.39, 0.29) is 5.41 Å². The van der Waals surface area contributed by atoms with Crippen molar-refractivity contribution in [2.45, 2.75) is 34.1 Å². The number of carboxylic acids is 1. The van der Waals surface area contributed by atoms with Crippen LogP contribution in [0, 0.1) is 12.3 Å². The molecular weight excluding hydrogens is 198 g/mol. The van der Waals surface area contributed by atoms with E-state index in [0.29, 0.717) is 10.6 Å². The summed E-state index contributed by atoms with van der Waals surface area (Å²) in [6.07, 6.45) is 0.825. The number of carbonyl (C=O) groups is 1. The predicted octanol–water partition coefficient (Wildman–Crippen LogP) is 2.74. The lowest BCUT2D eigenvalue weighted by molar-refractivity contribution is 0.0701. The van der Waals surface area contributed by atoms with Crippen molar-refractivity contribution >= 4 is 17.3 Å². The van der Waals surface area contributed by atoms with Gasteiger partial charge in [0.2, 0.25) is 0 Å². The number of aromatic nitrogens is 1. The Balaban J connectivity index is 2.92. The highest BCUT2D eigenvalue weighted by atomic mass is 32.1. The largest absolute Gasteiger partial charge is 0.477 e. The maximum Gasteiger partial charge on any atom is 0.347 e. The molecule has 0 amide bonds. The number of aryl methyl sites for hydroxylation is 1. The zero-order valence-electron chi connectivity index (χ0n) is 8.92. The Morgan fingerprint density at radius 1 is 1.50 bits per heavy atom. The third-order valence-corrected chi connectivity index (χ3v) is 2.86. The first-order chi connectivity index (χ1) is 6.29. The first kappa shape index (κ1) is 11.2. The van der Waals surface area contributed by atoms with E-state index in [2.05, 4.69) is 25.8 Å². The van der Waals surface area contributed by atoms with Gasteiger partial charge in [0.1, 0.15) is 4.88 Å². The van der Waals surface area contributed by atoms with E-state index < -0.39 is 5.97 Å². The molecule has 0 aliphatic carbocycles. The highest BCUT2D eigenvalue weighted by Crippen LogP contribution is 2.25. The zero-order chi connectivity index (χ0) is 10.9. The predicted molar refractivity (Wildman–Crippen MR) is 57.0 cm³/mol. The highest BCUT2D eigenvalue weighted by molar-refractivity contribution is 7.13. The molecular formula is C10H15NO2S. The van der Waals surface area contributed by atoms with Crippen molar-refractivity contribution in [1.82, 2.24) is 4.98 Å². The van der Waals surface area contributed by atoms with E-state index in [1.807, 2.05) is 0 Å². The maximum atomic E-state index is 10.8. The summed E-state index contributed by atoms with van der Waals surface area (Å²) in [5.74, 6) is -0.875. The smallest absolute Gasteiger partial charge is 0.347 e. The van der Waals surface area contributed by atoms with Gasteiger partial charge in [0, 0.05) is 6.42 Å². The molecule has 0 radical (unpaired) electrons. The van der Waals surface area contributed by atoms with Crippen LogP contribution in [0.3, 0.4) is 0 Å². The highest BCUT2D eigenvalue weighted by Gasteiger charge is 2.18. The van der Waals surface area contributed by atoms with Crippen LogP contribution in [0.5, 0.6) is 0 Å². The van der Waals surface area contributed by atoms with Crippen molar-refractivity contribution in [3.05, 3.63) is 15.6 Å². The van der Waals surface area contributed by atoms with E-state index in [9.17, 15) is 4.79 Å². The van der Waals surface area contributed by atoms with Crippen molar-refractivity contribution < 1.29 is 9.90 Å². The minimum atomic E-state index is -0.875. The Kier molecular flexibility index (Phi) is 2.95. The molecule has 0 unspecified atom stereocenters. The number of hydrogen-bond donors (Lipinski definition) is 1. The molecule has 3 nitrogen and oxygen atoms in total. The fourth-order valence-electron chi connectivity index (χ4n) is 1.18. The lowest BCUT2D eigenvalue weighted by atomic mass is 9.93. The van der Waals surface area contributed by atoms with Gasteiger partial charge in [-0.05, 0) is 12.3 Å². The van der Waals surface area contributed by atoms with Gasteiger partial charge in [0.25, 0.3) is 0 Å². The Morgan fingerprint density at radius 3 is 2.43 bits per heavy atom. The Bertz CT molecular complexity index is 349. The van der Waals surface area contributed by atoms with Crippen molar-refractivity contribution in [2.75, 3.05) is 0 Å². The SMILES string of the molecule is Cc1nc(CC(C)(C)C)sc1C(=O)O. The molecule has 0 bridgehead atoms. The number of thiazole rings is 1. The lowest BCUT2D eigenvalue weighted by Crippen LogP contribution is -2.08. The van der Waals surface area contributed by atoms with E-state index in [4.69, 9.17) is 5.11 Å². The van der Waals surface area contributed by atoms with Crippen molar-refractivity contribution in [3.63, 3.8) is 0 Å². The van der Waals surface area contributed by atoms with Gasteiger partial charge in [-0.1, -0.05) is 20.8 Å². The summed E-state index contributed by atoms with van der Waals surface area (Å²) in [7, 11) is 0. The van der Waals surface area contributed by atoms with Gasteiger partial charge in [0.05, 0.1) is 10.7 Å². The average molecular weight is 213 g/mol. The van der Waals surface area contributed by atoms with Crippen molar-refractivity contribution in [1.29, 1.82) is 0 Å². The zero-order valence-corrected chi connectivity index (χ0v) is 9.73. The molecule has 0 saturated heterocycles. The van der Waals surface area contributed by atoms with Gasteiger partial charge in [-0.3, -0.25) is 0 Å². The summed E-state index contributed by atoms with van der Waals surface area (Å²) < 4.78 is 0. The summed E-state index contributed by atoms with van der Waals surface area (Å²) in [6.45, 7) is 8.09. The molecule has 0 saturated carbocycles. The number of aromatic carboxylic acids is 1. The molecule has 78 valence electrons. The maximum absolute atomic E-state index is 10.8. The molecule has 14 heavy (non-hydrogen) atoms. The Hall–Kier alpha value is -0.900. The average Bonchev–Trinajstić information content (AvgIpc) is 2.26. The minimum Gasteiger partial charge on any atom is -0.477 e. The van der Waals surface area contributed by atoms with Crippen LogP contribution < -0.4 is 0 Å². The molecule has 0 aromatic carbocycles. The molecule has 0 fully saturated rings. The second-order valence-electron chi connectivity index (χ2n) is 4.56. The fraction of sp³-hybridized carbons (Fsp3) is 0.600. The van der Waals surface area contributed by atoms with E-state index in [1.165, 1.54) is 11.3 Å². The third-order valence-electron chi connectivity index (χ3n) is 1.72. The summed E-state index contributed by atoms with van der Waals surface area (Å²) in [5, 5.41) is 9.76. The van der Waals surface area contributed by atoms with E-state index >= 15 is 0 Å². The van der Waals surface area contributed by atoms with Gasteiger partial charge < -0.3 is 5.11 Å². The first-order valence-electron chi connectivity index (χ1n) is 4.49. The van der Waals surface area contributed by atoms with Gasteiger partial charge in [-0.25, -0.2) is 9.78 Å². The number of rotatable bonds is 2. The van der Waals surface area contributed by atoms with E-state index in [1.54, 1.807) is 6.92 Å². The number of nitrogens with zero attached hydrogens (tertiary/aromatic N) is 1. The molecule has 0 spiro atoms.